The molecule has 0 amide bonds. The Labute approximate surface area is 164 Å². The van der Waals surface area contributed by atoms with Gasteiger partial charge in [0.05, 0.1) is 23.0 Å². The van der Waals surface area contributed by atoms with Crippen LogP contribution >= 0.6 is 0 Å². The lowest BCUT2D eigenvalue weighted by Crippen LogP contribution is -2.28. The van der Waals surface area contributed by atoms with E-state index in [-0.39, 0.29) is 11.4 Å². The standard InChI is InChI=1S/C19H24N6O2S/c1-14-5-6-16(11-15(14)2)28(26,27)23-7-10-25-19-17(12-22-25)18(20-13-21-19)24-8-3-4-9-24/h5-6,11-13,23H,3-4,7-10H2,1-2H3. The molecule has 1 aliphatic rings. The predicted molar refractivity (Wildman–Crippen MR) is 108 cm³/mol. The van der Waals surface area contributed by atoms with Gasteiger partial charge in [-0.2, -0.15) is 5.10 Å². The van der Waals surface area contributed by atoms with E-state index in [1.54, 1.807) is 29.3 Å². The number of aromatic nitrogens is 4. The maximum Gasteiger partial charge on any atom is 0.240 e. The molecule has 148 valence electrons. The first-order chi connectivity index (χ1) is 13.5. The van der Waals surface area contributed by atoms with Crippen molar-refractivity contribution in [2.45, 2.75) is 38.1 Å². The minimum Gasteiger partial charge on any atom is -0.356 e. The van der Waals surface area contributed by atoms with E-state index in [1.165, 1.54) is 12.8 Å². The number of aryl methyl sites for hydroxylation is 2. The first-order valence-electron chi connectivity index (χ1n) is 9.44. The Morgan fingerprint density at radius 2 is 1.89 bits per heavy atom. The monoisotopic (exact) mass is 400 g/mol. The fraction of sp³-hybridized carbons (Fsp3) is 0.421. The largest absolute Gasteiger partial charge is 0.356 e. The van der Waals surface area contributed by atoms with Crippen LogP contribution in [0.5, 0.6) is 0 Å². The Hall–Kier alpha value is -2.52. The van der Waals surface area contributed by atoms with Crippen LogP contribution in [0.1, 0.15) is 24.0 Å². The molecule has 0 radical (unpaired) electrons. The van der Waals surface area contributed by atoms with Gasteiger partial charge in [-0.25, -0.2) is 27.8 Å². The second-order valence-electron chi connectivity index (χ2n) is 7.14. The summed E-state index contributed by atoms with van der Waals surface area (Å²) in [5, 5.41) is 5.30. The maximum atomic E-state index is 12.5. The average Bonchev–Trinajstić information content (AvgIpc) is 3.34. The predicted octanol–water partition coefficient (Wildman–Crippen LogP) is 2.02. The SMILES string of the molecule is Cc1ccc(S(=O)(=O)NCCn2ncc3c(N4CCCC4)ncnc32)cc1C. The second kappa shape index (κ2) is 7.48. The van der Waals surface area contributed by atoms with E-state index in [0.29, 0.717) is 6.54 Å². The lowest BCUT2D eigenvalue weighted by Gasteiger charge is -2.16. The Morgan fingerprint density at radius 3 is 2.64 bits per heavy atom. The fourth-order valence-corrected chi connectivity index (χ4v) is 4.58. The number of anilines is 1. The van der Waals surface area contributed by atoms with Gasteiger partial charge >= 0.3 is 0 Å². The summed E-state index contributed by atoms with van der Waals surface area (Å²) in [5.41, 5.74) is 2.74. The van der Waals surface area contributed by atoms with Gasteiger partial charge in [-0.15, -0.1) is 0 Å². The number of nitrogens with one attached hydrogen (secondary N) is 1. The van der Waals surface area contributed by atoms with Crippen LogP contribution in [0, 0.1) is 13.8 Å². The van der Waals surface area contributed by atoms with Gasteiger partial charge in [-0.05, 0) is 49.9 Å². The highest BCUT2D eigenvalue weighted by molar-refractivity contribution is 7.89. The molecule has 0 aliphatic carbocycles. The minimum absolute atomic E-state index is 0.231. The van der Waals surface area contributed by atoms with E-state index < -0.39 is 10.0 Å². The van der Waals surface area contributed by atoms with Gasteiger partial charge in [-0.3, -0.25) is 0 Å². The van der Waals surface area contributed by atoms with Crippen LogP contribution in [-0.2, 0) is 16.6 Å². The van der Waals surface area contributed by atoms with Gasteiger partial charge in [0.1, 0.15) is 12.1 Å². The molecule has 0 bridgehead atoms. The molecule has 2 aromatic heterocycles. The van der Waals surface area contributed by atoms with Crippen molar-refractivity contribution in [3.05, 3.63) is 41.9 Å². The highest BCUT2D eigenvalue weighted by Crippen LogP contribution is 2.25. The number of nitrogens with zero attached hydrogens (tertiary/aromatic N) is 5. The topological polar surface area (TPSA) is 93.0 Å². The average molecular weight is 401 g/mol. The molecular weight excluding hydrogens is 376 g/mol. The molecule has 28 heavy (non-hydrogen) atoms. The third kappa shape index (κ3) is 3.59. The minimum atomic E-state index is -3.56. The highest BCUT2D eigenvalue weighted by atomic mass is 32.2. The zero-order valence-electron chi connectivity index (χ0n) is 16.1. The van der Waals surface area contributed by atoms with Crippen molar-refractivity contribution in [2.24, 2.45) is 0 Å². The number of hydrogen-bond acceptors (Lipinski definition) is 6. The Kier molecular flexibility index (Phi) is 5.03. The summed E-state index contributed by atoms with van der Waals surface area (Å²) in [6, 6.07) is 5.14. The molecule has 0 unspecified atom stereocenters. The maximum absolute atomic E-state index is 12.5. The molecule has 0 saturated carbocycles. The van der Waals surface area contributed by atoms with Crippen LogP contribution in [0.3, 0.4) is 0 Å². The molecule has 1 saturated heterocycles. The van der Waals surface area contributed by atoms with Gasteiger partial charge in [0.2, 0.25) is 10.0 Å². The second-order valence-corrected chi connectivity index (χ2v) is 8.91. The van der Waals surface area contributed by atoms with Gasteiger partial charge in [0, 0.05) is 19.6 Å². The smallest absolute Gasteiger partial charge is 0.240 e. The van der Waals surface area contributed by atoms with E-state index in [1.807, 2.05) is 19.9 Å². The Bertz CT molecular complexity index is 1100. The third-order valence-corrected chi connectivity index (χ3v) is 6.68. The highest BCUT2D eigenvalue weighted by Gasteiger charge is 2.19. The van der Waals surface area contributed by atoms with E-state index >= 15 is 0 Å². The molecule has 0 atom stereocenters. The van der Waals surface area contributed by atoms with Gasteiger partial charge < -0.3 is 4.90 Å². The van der Waals surface area contributed by atoms with Crippen molar-refractivity contribution in [3.8, 4) is 0 Å². The lowest BCUT2D eigenvalue weighted by atomic mass is 10.1. The summed E-state index contributed by atoms with van der Waals surface area (Å²) in [4.78, 5) is 11.3. The van der Waals surface area contributed by atoms with Crippen LogP contribution in [-0.4, -0.2) is 47.8 Å². The molecule has 3 aromatic rings. The summed E-state index contributed by atoms with van der Waals surface area (Å²) in [6.07, 6.45) is 5.65. The molecular formula is C19H24N6O2S. The number of fused-ring (bicyclic) bond motifs is 1. The zero-order valence-corrected chi connectivity index (χ0v) is 16.9. The van der Waals surface area contributed by atoms with Crippen molar-refractivity contribution in [1.82, 2.24) is 24.5 Å². The fourth-order valence-electron chi connectivity index (χ4n) is 3.48. The number of sulfonamides is 1. The van der Waals surface area contributed by atoms with E-state index in [0.717, 1.165) is 41.1 Å². The Balaban J connectivity index is 1.48. The first kappa shape index (κ1) is 18.8. The molecule has 1 aromatic carbocycles. The van der Waals surface area contributed by atoms with Crippen LogP contribution in [0.15, 0.2) is 35.6 Å². The summed E-state index contributed by atoms with van der Waals surface area (Å²) in [7, 11) is -3.56. The van der Waals surface area contributed by atoms with Crippen molar-refractivity contribution >= 4 is 26.9 Å². The molecule has 9 heteroatoms. The molecule has 1 aliphatic heterocycles. The zero-order chi connectivity index (χ0) is 19.7. The number of benzene rings is 1. The normalized spacial score (nSPS) is 14.9. The summed E-state index contributed by atoms with van der Waals surface area (Å²) in [6.45, 7) is 6.47. The van der Waals surface area contributed by atoms with Gasteiger partial charge in [0.15, 0.2) is 5.65 Å². The van der Waals surface area contributed by atoms with Crippen molar-refractivity contribution in [2.75, 3.05) is 24.5 Å². The summed E-state index contributed by atoms with van der Waals surface area (Å²) in [5.74, 6) is 0.907. The quantitative estimate of drug-likeness (QED) is 0.680. The van der Waals surface area contributed by atoms with Crippen LogP contribution < -0.4 is 9.62 Å². The first-order valence-corrected chi connectivity index (χ1v) is 10.9. The molecule has 1 N–H and O–H groups in total. The lowest BCUT2D eigenvalue weighted by molar-refractivity contribution is 0.564. The number of hydrogen-bond donors (Lipinski definition) is 1. The van der Waals surface area contributed by atoms with E-state index in [4.69, 9.17) is 0 Å². The molecule has 4 rings (SSSR count). The van der Waals surface area contributed by atoms with Crippen LogP contribution in [0.4, 0.5) is 5.82 Å². The van der Waals surface area contributed by atoms with Gasteiger partial charge in [-0.1, -0.05) is 6.07 Å². The van der Waals surface area contributed by atoms with Crippen molar-refractivity contribution in [1.29, 1.82) is 0 Å². The summed E-state index contributed by atoms with van der Waals surface area (Å²) >= 11 is 0. The molecule has 8 nitrogen and oxygen atoms in total. The molecule has 3 heterocycles. The van der Waals surface area contributed by atoms with E-state index in [9.17, 15) is 8.42 Å². The van der Waals surface area contributed by atoms with Gasteiger partial charge in [0.25, 0.3) is 0 Å². The summed E-state index contributed by atoms with van der Waals surface area (Å²) < 4.78 is 29.5. The number of rotatable bonds is 6. The molecule has 0 spiro atoms. The van der Waals surface area contributed by atoms with Crippen LogP contribution in [0.2, 0.25) is 0 Å². The third-order valence-electron chi connectivity index (χ3n) is 5.22. The van der Waals surface area contributed by atoms with Crippen molar-refractivity contribution in [3.63, 3.8) is 0 Å². The van der Waals surface area contributed by atoms with Crippen LogP contribution in [0.25, 0.3) is 11.0 Å². The van der Waals surface area contributed by atoms with E-state index in [2.05, 4.69) is 24.7 Å². The van der Waals surface area contributed by atoms with Crippen molar-refractivity contribution < 1.29 is 8.42 Å². The Morgan fingerprint density at radius 1 is 1.11 bits per heavy atom. The molecule has 1 fully saturated rings.